The van der Waals surface area contributed by atoms with Gasteiger partial charge in [-0.15, -0.1) is 12.4 Å². The number of benzene rings is 1. The van der Waals surface area contributed by atoms with Crippen molar-refractivity contribution in [3.63, 3.8) is 0 Å². The first kappa shape index (κ1) is 21.4. The van der Waals surface area contributed by atoms with E-state index >= 15 is 0 Å². The van der Waals surface area contributed by atoms with E-state index in [1.54, 1.807) is 23.2 Å². The summed E-state index contributed by atoms with van der Waals surface area (Å²) < 4.78 is 16.2. The molecule has 1 aromatic carbocycles. The number of hydrogen-bond acceptors (Lipinski definition) is 3. The van der Waals surface area contributed by atoms with Crippen LogP contribution in [0.25, 0.3) is 0 Å². The molecular weight excluding hydrogens is 367 g/mol. The average molecular weight is 395 g/mol. The van der Waals surface area contributed by atoms with Crippen molar-refractivity contribution in [2.75, 3.05) is 19.6 Å². The fourth-order valence-corrected chi connectivity index (χ4v) is 3.46. The van der Waals surface area contributed by atoms with Gasteiger partial charge in [-0.05, 0) is 63.4 Å². The highest BCUT2D eigenvalue weighted by molar-refractivity contribution is 5.94. The minimum atomic E-state index is -0.453. The first-order valence-electron chi connectivity index (χ1n) is 9.40. The van der Waals surface area contributed by atoms with Crippen LogP contribution in [-0.4, -0.2) is 40.2 Å². The van der Waals surface area contributed by atoms with Gasteiger partial charge in [-0.25, -0.2) is 4.39 Å². The van der Waals surface area contributed by atoms with Crippen LogP contribution in [0.1, 0.15) is 41.8 Å². The minimum Gasteiger partial charge on any atom is -0.334 e. The first-order chi connectivity index (χ1) is 12.6. The molecule has 1 atom stereocenters. The molecule has 0 saturated carbocycles. The van der Waals surface area contributed by atoms with Gasteiger partial charge < -0.3 is 10.2 Å². The number of hydrogen-bond donors (Lipinski definition) is 1. The largest absolute Gasteiger partial charge is 0.334 e. The summed E-state index contributed by atoms with van der Waals surface area (Å²) in [6, 6.07) is 4.95. The molecule has 0 bridgehead atoms. The van der Waals surface area contributed by atoms with Crippen molar-refractivity contribution in [1.29, 1.82) is 0 Å². The number of nitrogens with zero attached hydrogens (tertiary/aromatic N) is 3. The lowest BCUT2D eigenvalue weighted by Gasteiger charge is -2.21. The predicted molar refractivity (Wildman–Crippen MR) is 107 cm³/mol. The van der Waals surface area contributed by atoms with Crippen LogP contribution < -0.4 is 5.32 Å². The van der Waals surface area contributed by atoms with E-state index in [2.05, 4.69) is 10.4 Å². The first-order valence-corrected chi connectivity index (χ1v) is 9.40. The third-order valence-corrected chi connectivity index (χ3v) is 5.00. The Hall–Kier alpha value is -1.92. The van der Waals surface area contributed by atoms with Crippen LogP contribution in [0.3, 0.4) is 0 Å². The number of amides is 1. The summed E-state index contributed by atoms with van der Waals surface area (Å²) in [4.78, 5) is 14.6. The molecule has 1 saturated heterocycles. The Labute approximate surface area is 166 Å². The van der Waals surface area contributed by atoms with Gasteiger partial charge in [-0.1, -0.05) is 6.07 Å². The van der Waals surface area contributed by atoms with Gasteiger partial charge in [-0.2, -0.15) is 5.10 Å². The van der Waals surface area contributed by atoms with Gasteiger partial charge in [0.1, 0.15) is 5.82 Å². The summed E-state index contributed by atoms with van der Waals surface area (Å²) in [5.74, 6) is -0.155. The zero-order valence-corrected chi connectivity index (χ0v) is 16.8. The predicted octanol–water partition coefficient (Wildman–Crippen LogP) is 3.28. The van der Waals surface area contributed by atoms with E-state index in [4.69, 9.17) is 0 Å². The van der Waals surface area contributed by atoms with Crippen molar-refractivity contribution in [3.05, 3.63) is 53.1 Å². The number of rotatable bonds is 7. The topological polar surface area (TPSA) is 50.2 Å². The zero-order chi connectivity index (χ0) is 18.5. The molecule has 1 N–H and O–H groups in total. The van der Waals surface area contributed by atoms with Crippen molar-refractivity contribution < 1.29 is 9.18 Å². The molecule has 7 heteroatoms. The quantitative estimate of drug-likeness (QED) is 0.784. The number of halogens is 2. The molecule has 1 unspecified atom stereocenters. The molecule has 1 fully saturated rings. The molecule has 1 aliphatic heterocycles. The second kappa shape index (κ2) is 9.85. The van der Waals surface area contributed by atoms with Crippen LogP contribution >= 0.6 is 12.4 Å². The van der Waals surface area contributed by atoms with E-state index in [0.717, 1.165) is 43.6 Å². The van der Waals surface area contributed by atoms with Crippen molar-refractivity contribution in [1.82, 2.24) is 20.0 Å². The minimum absolute atomic E-state index is 0. The summed E-state index contributed by atoms with van der Waals surface area (Å²) in [5, 5.41) is 7.59. The second-order valence-corrected chi connectivity index (χ2v) is 6.90. The second-order valence-electron chi connectivity index (χ2n) is 6.90. The molecule has 5 nitrogen and oxygen atoms in total. The molecule has 1 aliphatic rings. The van der Waals surface area contributed by atoms with Crippen LogP contribution in [0.5, 0.6) is 0 Å². The molecule has 27 heavy (non-hydrogen) atoms. The fourth-order valence-electron chi connectivity index (χ4n) is 3.46. The fraction of sp³-hybridized carbons (Fsp3) is 0.500. The Kier molecular flexibility index (Phi) is 7.80. The normalized spacial score (nSPS) is 16.2. The average Bonchev–Trinajstić information content (AvgIpc) is 3.32. The molecule has 3 rings (SSSR count). The third kappa shape index (κ3) is 5.30. The lowest BCUT2D eigenvalue weighted by atomic mass is 9.97. The van der Waals surface area contributed by atoms with Gasteiger partial charge >= 0.3 is 0 Å². The van der Waals surface area contributed by atoms with Crippen LogP contribution in [0.2, 0.25) is 0 Å². The van der Waals surface area contributed by atoms with Crippen LogP contribution in [0.4, 0.5) is 4.39 Å². The smallest absolute Gasteiger partial charge is 0.257 e. The highest BCUT2D eigenvalue weighted by atomic mass is 35.5. The molecule has 0 aliphatic carbocycles. The van der Waals surface area contributed by atoms with E-state index in [-0.39, 0.29) is 23.9 Å². The summed E-state index contributed by atoms with van der Waals surface area (Å²) in [6.07, 6.45) is 5.70. The molecule has 0 radical (unpaired) electrons. The Morgan fingerprint density at radius 2 is 2.19 bits per heavy atom. The van der Waals surface area contributed by atoms with Crippen LogP contribution in [0, 0.1) is 11.7 Å². The summed E-state index contributed by atoms with van der Waals surface area (Å²) in [7, 11) is 0. The van der Waals surface area contributed by atoms with Gasteiger partial charge in [0.05, 0.1) is 11.8 Å². The van der Waals surface area contributed by atoms with Gasteiger partial charge in [0, 0.05) is 31.4 Å². The molecule has 2 aromatic rings. The SMILES string of the molecule is CCN(Cc1cnn(CC)c1)C(=O)c1cc(CC2CCNC2)ccc1F.Cl. The van der Waals surface area contributed by atoms with E-state index in [0.29, 0.717) is 19.0 Å². The lowest BCUT2D eigenvalue weighted by molar-refractivity contribution is 0.0747. The highest BCUT2D eigenvalue weighted by Crippen LogP contribution is 2.20. The standard InChI is InChI=1S/C20H27FN4O.ClH/c1-3-24(13-17-12-23-25(4-2)14-17)20(26)18-10-15(5-6-19(18)21)9-16-7-8-22-11-16;/h5-6,10,12,14,16,22H,3-4,7-9,11,13H2,1-2H3;1H. The molecule has 1 aromatic heterocycles. The monoisotopic (exact) mass is 394 g/mol. The summed E-state index contributed by atoms with van der Waals surface area (Å²) in [5.41, 5.74) is 2.15. The van der Waals surface area contributed by atoms with E-state index in [9.17, 15) is 9.18 Å². The summed E-state index contributed by atoms with van der Waals surface area (Å²) in [6.45, 7) is 7.69. The molecule has 2 heterocycles. The van der Waals surface area contributed by atoms with Gasteiger partial charge in [0.15, 0.2) is 0 Å². The van der Waals surface area contributed by atoms with Gasteiger partial charge in [-0.3, -0.25) is 9.48 Å². The van der Waals surface area contributed by atoms with E-state index in [1.807, 2.05) is 24.7 Å². The maximum absolute atomic E-state index is 14.4. The van der Waals surface area contributed by atoms with Crippen molar-refractivity contribution in [2.45, 2.75) is 39.8 Å². The van der Waals surface area contributed by atoms with Crippen LogP contribution in [-0.2, 0) is 19.5 Å². The highest BCUT2D eigenvalue weighted by Gasteiger charge is 2.21. The van der Waals surface area contributed by atoms with E-state index < -0.39 is 5.82 Å². The number of carbonyl (C=O) groups excluding carboxylic acids is 1. The van der Waals surface area contributed by atoms with Gasteiger partial charge in [0.2, 0.25) is 0 Å². The van der Waals surface area contributed by atoms with Crippen molar-refractivity contribution in [2.24, 2.45) is 5.92 Å². The Bertz CT molecular complexity index is 758. The Morgan fingerprint density at radius 1 is 1.37 bits per heavy atom. The number of aryl methyl sites for hydroxylation is 1. The maximum Gasteiger partial charge on any atom is 0.257 e. The molecule has 0 spiro atoms. The van der Waals surface area contributed by atoms with Gasteiger partial charge in [0.25, 0.3) is 5.91 Å². The van der Waals surface area contributed by atoms with E-state index in [1.165, 1.54) is 6.07 Å². The molecule has 148 valence electrons. The van der Waals surface area contributed by atoms with Crippen LogP contribution in [0.15, 0.2) is 30.6 Å². The number of nitrogens with one attached hydrogen (secondary N) is 1. The Balaban J connectivity index is 0.00000261. The maximum atomic E-state index is 14.4. The van der Waals surface area contributed by atoms with Crippen molar-refractivity contribution >= 4 is 18.3 Å². The molecule has 1 amide bonds. The summed E-state index contributed by atoms with van der Waals surface area (Å²) >= 11 is 0. The molecular formula is C20H28ClFN4O. The lowest BCUT2D eigenvalue weighted by Crippen LogP contribution is -2.31. The Morgan fingerprint density at radius 3 is 2.81 bits per heavy atom. The number of carbonyl (C=O) groups is 1. The zero-order valence-electron chi connectivity index (χ0n) is 15.9. The third-order valence-electron chi connectivity index (χ3n) is 5.00. The number of aromatic nitrogens is 2. The van der Waals surface area contributed by atoms with Crippen molar-refractivity contribution in [3.8, 4) is 0 Å².